The van der Waals surface area contributed by atoms with Gasteiger partial charge in [0.1, 0.15) is 31.5 Å². The molecule has 2 fully saturated rings. The van der Waals surface area contributed by atoms with E-state index in [0.29, 0.717) is 0 Å². The summed E-state index contributed by atoms with van der Waals surface area (Å²) in [5, 5.41) is 10.5. The topological polar surface area (TPSA) is 206 Å². The Balaban J connectivity index is 2.55. The van der Waals surface area contributed by atoms with Crippen molar-refractivity contribution < 1.29 is 76.5 Å². The molecule has 0 spiro atoms. The molecule has 232 valence electrons. The highest BCUT2D eigenvalue weighted by molar-refractivity contribution is 9.09. The van der Waals surface area contributed by atoms with Gasteiger partial charge in [0.05, 0.1) is 4.83 Å². The number of hydrogen-bond acceptors (Lipinski definition) is 16. The molecule has 10 atom stereocenters. The van der Waals surface area contributed by atoms with Crippen molar-refractivity contribution in [1.82, 2.24) is 0 Å². The summed E-state index contributed by atoms with van der Waals surface area (Å²) >= 11 is 3.23. The second kappa shape index (κ2) is 15.4. The van der Waals surface area contributed by atoms with Gasteiger partial charge < -0.3 is 47.7 Å². The molecule has 17 heteroatoms. The minimum Gasteiger partial charge on any atom is -0.463 e. The Labute approximate surface area is 243 Å². The summed E-state index contributed by atoms with van der Waals surface area (Å²) in [6.45, 7) is 5.59. The highest BCUT2D eigenvalue weighted by atomic mass is 79.9. The highest BCUT2D eigenvalue weighted by Gasteiger charge is 2.56. The molecule has 1 N–H and O–H groups in total. The molecule has 0 saturated carbocycles. The SMILES string of the molecule is CC(=O)OC[C@H]1O[C@@H](O[C@H]2[C@H](OC(C)=O)[C@@H](COC(C)=O)OC(O)[C@H]2Br)[C@H](OC(C)=O)[C@@H](OC(C)=O)[C@H]1OC(C)=O. The summed E-state index contributed by atoms with van der Waals surface area (Å²) in [5.74, 6) is -4.71. The van der Waals surface area contributed by atoms with Crippen LogP contribution in [0.4, 0.5) is 0 Å². The molecule has 41 heavy (non-hydrogen) atoms. The number of halogens is 1. The van der Waals surface area contributed by atoms with Crippen LogP contribution in [0.5, 0.6) is 0 Å². The fourth-order valence-electron chi connectivity index (χ4n) is 4.16. The summed E-state index contributed by atoms with van der Waals surface area (Å²) in [5.41, 5.74) is 0. The number of carbonyl (C=O) groups excluding carboxylic acids is 6. The van der Waals surface area contributed by atoms with Gasteiger partial charge in [0, 0.05) is 41.5 Å². The molecule has 2 rings (SSSR count). The van der Waals surface area contributed by atoms with E-state index in [1.807, 2.05) is 0 Å². The summed E-state index contributed by atoms with van der Waals surface area (Å²) in [7, 11) is 0. The standard InChI is InChI=1S/C24H33BrO16/c1-9(26)33-7-15-18(35-11(3)28)20(17(25)23(32)39-15)41-24-22(38-14(6)31)21(37-13(5)30)19(36-12(4)29)16(40-24)8-34-10(2)27/h15-24,32H,7-8H2,1-6H3/t15-,16-,17+,18-,19+,20-,21+,22-,23?,24+/m1/s1. The molecule has 0 aromatic rings. The molecule has 0 radical (unpaired) electrons. The van der Waals surface area contributed by atoms with Crippen LogP contribution >= 0.6 is 15.9 Å². The van der Waals surface area contributed by atoms with E-state index >= 15 is 0 Å². The van der Waals surface area contributed by atoms with Crippen LogP contribution in [0.3, 0.4) is 0 Å². The van der Waals surface area contributed by atoms with Crippen LogP contribution < -0.4 is 0 Å². The molecule has 0 bridgehead atoms. The van der Waals surface area contributed by atoms with E-state index in [1.165, 1.54) is 0 Å². The van der Waals surface area contributed by atoms with Crippen LogP contribution in [0, 0.1) is 0 Å². The predicted octanol–water partition coefficient (Wildman–Crippen LogP) is -0.570. The number of esters is 6. The second-order valence-electron chi connectivity index (χ2n) is 9.05. The predicted molar refractivity (Wildman–Crippen MR) is 133 cm³/mol. The van der Waals surface area contributed by atoms with Gasteiger partial charge in [0.25, 0.3) is 0 Å². The number of aliphatic hydroxyl groups excluding tert-OH is 1. The smallest absolute Gasteiger partial charge is 0.303 e. The molecular weight excluding hydrogens is 624 g/mol. The Morgan fingerprint density at radius 1 is 0.585 bits per heavy atom. The lowest BCUT2D eigenvalue weighted by Crippen LogP contribution is -2.66. The molecule has 2 saturated heterocycles. The zero-order valence-corrected chi connectivity index (χ0v) is 24.7. The third kappa shape index (κ3) is 10.2. The van der Waals surface area contributed by atoms with Gasteiger partial charge in [0.15, 0.2) is 37.0 Å². The summed E-state index contributed by atoms with van der Waals surface area (Å²) in [4.78, 5) is 69.9. The van der Waals surface area contributed by atoms with Gasteiger partial charge in [-0.1, -0.05) is 15.9 Å². The third-order valence-corrected chi connectivity index (χ3v) is 6.56. The average molecular weight is 657 g/mol. The van der Waals surface area contributed by atoms with Crippen molar-refractivity contribution in [2.24, 2.45) is 0 Å². The summed E-state index contributed by atoms with van der Waals surface area (Å²) < 4.78 is 49.0. The first-order valence-electron chi connectivity index (χ1n) is 12.3. The van der Waals surface area contributed by atoms with E-state index in [9.17, 15) is 33.9 Å². The van der Waals surface area contributed by atoms with Crippen LogP contribution in [-0.2, 0) is 71.4 Å². The number of ether oxygens (including phenoxy) is 9. The first kappa shape index (κ1) is 34.3. The molecule has 0 aromatic carbocycles. The lowest BCUT2D eigenvalue weighted by molar-refractivity contribution is -0.337. The first-order chi connectivity index (χ1) is 19.1. The van der Waals surface area contributed by atoms with Crippen molar-refractivity contribution in [3.63, 3.8) is 0 Å². The van der Waals surface area contributed by atoms with Crippen molar-refractivity contribution >= 4 is 51.7 Å². The number of carbonyl (C=O) groups is 6. The maximum atomic E-state index is 12.1. The number of aliphatic hydroxyl groups is 1. The van der Waals surface area contributed by atoms with Crippen molar-refractivity contribution in [1.29, 1.82) is 0 Å². The lowest BCUT2D eigenvalue weighted by atomic mass is 9.97. The molecule has 1 unspecified atom stereocenters. The monoisotopic (exact) mass is 656 g/mol. The molecule has 16 nitrogen and oxygen atoms in total. The summed E-state index contributed by atoms with van der Waals surface area (Å²) in [6.07, 6.45) is -13.0. The molecule has 0 aromatic heterocycles. The van der Waals surface area contributed by atoms with E-state index in [4.69, 9.17) is 42.6 Å². The maximum absolute atomic E-state index is 12.1. The fraction of sp³-hybridized carbons (Fsp3) is 0.750. The second-order valence-corrected chi connectivity index (χ2v) is 10.1. The van der Waals surface area contributed by atoms with Gasteiger partial charge in [-0.3, -0.25) is 28.8 Å². The Kier molecular flexibility index (Phi) is 12.9. The lowest BCUT2D eigenvalue weighted by Gasteiger charge is -2.47. The minimum absolute atomic E-state index is 0.442. The van der Waals surface area contributed by atoms with Crippen molar-refractivity contribution in [3.05, 3.63) is 0 Å². The largest absolute Gasteiger partial charge is 0.463 e. The molecule has 2 heterocycles. The van der Waals surface area contributed by atoms with Crippen LogP contribution in [0.1, 0.15) is 41.5 Å². The number of hydrogen-bond donors (Lipinski definition) is 1. The zero-order chi connectivity index (χ0) is 31.0. The van der Waals surface area contributed by atoms with Gasteiger partial charge in [-0.2, -0.15) is 0 Å². The van der Waals surface area contributed by atoms with Crippen molar-refractivity contribution in [2.75, 3.05) is 13.2 Å². The Hall–Kier alpha value is -2.86. The van der Waals surface area contributed by atoms with E-state index < -0.39 is 109 Å². The van der Waals surface area contributed by atoms with Crippen LogP contribution in [0.2, 0.25) is 0 Å². The summed E-state index contributed by atoms with van der Waals surface area (Å²) in [6, 6.07) is 0. The minimum atomic E-state index is -1.65. The van der Waals surface area contributed by atoms with Gasteiger partial charge in [-0.05, 0) is 0 Å². The maximum Gasteiger partial charge on any atom is 0.303 e. The fourth-order valence-corrected chi connectivity index (χ4v) is 4.71. The van der Waals surface area contributed by atoms with E-state index in [1.54, 1.807) is 0 Å². The average Bonchev–Trinajstić information content (AvgIpc) is 2.83. The number of rotatable bonds is 10. The number of alkyl halides is 1. The van der Waals surface area contributed by atoms with Gasteiger partial charge in [-0.15, -0.1) is 0 Å². The van der Waals surface area contributed by atoms with E-state index in [0.717, 1.165) is 41.5 Å². The van der Waals surface area contributed by atoms with Gasteiger partial charge >= 0.3 is 35.8 Å². The molecular formula is C24H33BrO16. The Morgan fingerprint density at radius 2 is 0.976 bits per heavy atom. The van der Waals surface area contributed by atoms with Crippen molar-refractivity contribution in [3.8, 4) is 0 Å². The van der Waals surface area contributed by atoms with Gasteiger partial charge in [0.2, 0.25) is 0 Å². The Bertz CT molecular complexity index is 987. The molecule has 2 aliphatic heterocycles. The quantitative estimate of drug-likeness (QED) is 0.177. The molecule has 0 aliphatic carbocycles. The molecule has 2 aliphatic rings. The van der Waals surface area contributed by atoms with E-state index in [-0.39, 0.29) is 0 Å². The van der Waals surface area contributed by atoms with Crippen LogP contribution in [0.25, 0.3) is 0 Å². The van der Waals surface area contributed by atoms with Crippen LogP contribution in [-0.4, -0.2) is 114 Å². The normalized spacial score (nSPS) is 33.1. The Morgan fingerprint density at radius 3 is 1.41 bits per heavy atom. The van der Waals surface area contributed by atoms with E-state index in [2.05, 4.69) is 15.9 Å². The highest BCUT2D eigenvalue weighted by Crippen LogP contribution is 2.35. The molecule has 0 amide bonds. The third-order valence-electron chi connectivity index (χ3n) is 5.58. The van der Waals surface area contributed by atoms with Crippen molar-refractivity contribution in [2.45, 2.75) is 102 Å². The zero-order valence-electron chi connectivity index (χ0n) is 23.1. The first-order valence-corrected chi connectivity index (χ1v) is 13.3. The van der Waals surface area contributed by atoms with Crippen LogP contribution in [0.15, 0.2) is 0 Å². The van der Waals surface area contributed by atoms with Gasteiger partial charge in [-0.25, -0.2) is 0 Å².